The predicted octanol–water partition coefficient (Wildman–Crippen LogP) is -1.45. The number of rotatable bonds is 5. The molecule has 1 aromatic carbocycles. The highest BCUT2D eigenvalue weighted by Gasteiger charge is 2.28. The number of aromatic nitrogens is 1. The number of benzene rings is 1. The lowest BCUT2D eigenvalue weighted by molar-refractivity contribution is -0.904. The quantitative estimate of drug-likeness (QED) is 0.501. The number of aryl methyl sites for hydroxylation is 1. The zero-order chi connectivity index (χ0) is 20.5. The Balaban J connectivity index is 0.00000256. The average molecular weight is 438 g/mol. The third-order valence-electron chi connectivity index (χ3n) is 6.37. The first kappa shape index (κ1) is 22.6. The molecular formula is C22H29ClFN3O3. The minimum atomic E-state index is -0.588. The summed E-state index contributed by atoms with van der Waals surface area (Å²) in [6.45, 7) is 5.70. The standard InChI is InChI=1S/C22H28FN3O3.ClH/c1-14-6-7-15-12-16(23)13-17-19(15)26(14)22(29)18(20(17)27)21(28)24-8-5-11-25-9-3-2-4-10-25;/h12-14,27H,2-11H2,1H3,(H,24,28);1H. The molecule has 0 bridgehead atoms. The second-order valence-electron chi connectivity index (χ2n) is 8.42. The third-order valence-corrected chi connectivity index (χ3v) is 6.37. The van der Waals surface area contributed by atoms with Crippen LogP contribution in [-0.2, 0) is 6.42 Å². The molecule has 2 aliphatic heterocycles. The fourth-order valence-corrected chi connectivity index (χ4v) is 4.82. The molecule has 0 aliphatic carbocycles. The van der Waals surface area contributed by atoms with Crippen molar-refractivity contribution in [3.05, 3.63) is 39.4 Å². The van der Waals surface area contributed by atoms with Gasteiger partial charge in [-0.15, -0.1) is 0 Å². The van der Waals surface area contributed by atoms with Gasteiger partial charge in [-0.3, -0.25) is 9.59 Å². The van der Waals surface area contributed by atoms with Gasteiger partial charge in [0.1, 0.15) is 17.1 Å². The summed E-state index contributed by atoms with van der Waals surface area (Å²) in [4.78, 5) is 27.4. The van der Waals surface area contributed by atoms with E-state index in [2.05, 4.69) is 5.32 Å². The highest BCUT2D eigenvalue weighted by Crippen LogP contribution is 2.35. The SMILES string of the molecule is CC1CCc2cc(F)cc3c(O)c(C(=O)NCCC[NH+]4CCCCC4)c(=O)n1c23.[Cl-]. The van der Waals surface area contributed by atoms with Crippen LogP contribution < -0.4 is 28.2 Å². The molecule has 1 fully saturated rings. The van der Waals surface area contributed by atoms with Crippen molar-refractivity contribution in [1.29, 1.82) is 0 Å². The monoisotopic (exact) mass is 437 g/mol. The third kappa shape index (κ3) is 4.18. The van der Waals surface area contributed by atoms with Crippen molar-refractivity contribution in [1.82, 2.24) is 9.88 Å². The van der Waals surface area contributed by atoms with E-state index in [0.29, 0.717) is 30.5 Å². The average Bonchev–Trinajstić information content (AvgIpc) is 2.71. The number of nitrogens with zero attached hydrogens (tertiary/aromatic N) is 1. The van der Waals surface area contributed by atoms with Gasteiger partial charge in [-0.1, -0.05) is 0 Å². The minimum absolute atomic E-state index is 0. The van der Waals surface area contributed by atoms with Crippen LogP contribution in [0.3, 0.4) is 0 Å². The number of carbonyl (C=O) groups excluding carboxylic acids is 1. The molecule has 8 heteroatoms. The second-order valence-corrected chi connectivity index (χ2v) is 8.42. The maximum absolute atomic E-state index is 14.1. The Morgan fingerprint density at radius 2 is 2.03 bits per heavy atom. The van der Waals surface area contributed by atoms with Gasteiger partial charge in [-0.25, -0.2) is 4.39 Å². The van der Waals surface area contributed by atoms with E-state index in [0.717, 1.165) is 13.0 Å². The van der Waals surface area contributed by atoms with Gasteiger partial charge in [0.15, 0.2) is 0 Å². The van der Waals surface area contributed by atoms with Crippen molar-refractivity contribution in [2.24, 2.45) is 0 Å². The predicted molar refractivity (Wildman–Crippen MR) is 109 cm³/mol. The minimum Gasteiger partial charge on any atom is -1.00 e. The number of hydrogen-bond acceptors (Lipinski definition) is 3. The molecule has 3 heterocycles. The number of carbonyl (C=O) groups is 1. The number of pyridine rings is 1. The molecule has 30 heavy (non-hydrogen) atoms. The van der Waals surface area contributed by atoms with E-state index in [1.165, 1.54) is 44.5 Å². The topological polar surface area (TPSA) is 75.8 Å². The highest BCUT2D eigenvalue weighted by atomic mass is 35.5. The Hall–Kier alpha value is -2.12. The van der Waals surface area contributed by atoms with Crippen molar-refractivity contribution in [3.8, 4) is 5.75 Å². The number of piperidine rings is 1. The normalized spacial score (nSPS) is 18.8. The number of likely N-dealkylation sites (tertiary alicyclic amines) is 1. The number of halogens is 2. The van der Waals surface area contributed by atoms with E-state index in [4.69, 9.17) is 0 Å². The fraction of sp³-hybridized carbons (Fsp3) is 0.545. The van der Waals surface area contributed by atoms with Crippen LogP contribution in [0.25, 0.3) is 10.9 Å². The van der Waals surface area contributed by atoms with E-state index in [1.54, 1.807) is 9.47 Å². The van der Waals surface area contributed by atoms with Gasteiger partial charge in [0.25, 0.3) is 11.5 Å². The lowest BCUT2D eigenvalue weighted by Crippen LogP contribution is -3.12. The Morgan fingerprint density at radius 3 is 2.77 bits per heavy atom. The first-order chi connectivity index (χ1) is 14.0. The molecule has 1 saturated heterocycles. The summed E-state index contributed by atoms with van der Waals surface area (Å²) in [5.41, 5.74) is 0.446. The summed E-state index contributed by atoms with van der Waals surface area (Å²) in [6, 6.07) is 2.50. The van der Waals surface area contributed by atoms with Crippen molar-refractivity contribution in [2.45, 2.75) is 51.5 Å². The van der Waals surface area contributed by atoms with Crippen molar-refractivity contribution in [2.75, 3.05) is 26.2 Å². The Labute approximate surface area is 181 Å². The highest BCUT2D eigenvalue weighted by molar-refractivity contribution is 6.03. The van der Waals surface area contributed by atoms with E-state index in [-0.39, 0.29) is 29.4 Å². The first-order valence-corrected chi connectivity index (χ1v) is 10.7. The lowest BCUT2D eigenvalue weighted by Gasteiger charge is -2.26. The summed E-state index contributed by atoms with van der Waals surface area (Å²) in [5, 5.41) is 13.7. The Kier molecular flexibility index (Phi) is 7.03. The van der Waals surface area contributed by atoms with Crippen molar-refractivity contribution in [3.63, 3.8) is 0 Å². The van der Waals surface area contributed by atoms with Gasteiger partial charge in [0.05, 0.1) is 25.2 Å². The van der Waals surface area contributed by atoms with Crippen LogP contribution in [0, 0.1) is 5.82 Å². The van der Waals surface area contributed by atoms with Gasteiger partial charge < -0.3 is 32.3 Å². The van der Waals surface area contributed by atoms with Gasteiger partial charge in [-0.05, 0) is 56.7 Å². The Morgan fingerprint density at radius 1 is 1.30 bits per heavy atom. The summed E-state index contributed by atoms with van der Waals surface area (Å²) in [5.74, 6) is -1.48. The van der Waals surface area contributed by atoms with Crippen LogP contribution in [0.5, 0.6) is 5.75 Å². The molecule has 6 nitrogen and oxygen atoms in total. The lowest BCUT2D eigenvalue weighted by atomic mass is 9.95. The van der Waals surface area contributed by atoms with Crippen LogP contribution in [-0.4, -0.2) is 41.8 Å². The smallest absolute Gasteiger partial charge is 0.267 e. The zero-order valence-corrected chi connectivity index (χ0v) is 18.0. The second kappa shape index (κ2) is 9.35. The molecule has 1 amide bonds. The van der Waals surface area contributed by atoms with E-state index >= 15 is 0 Å². The molecule has 0 radical (unpaired) electrons. The van der Waals surface area contributed by atoms with E-state index < -0.39 is 23.0 Å². The number of aromatic hydroxyl groups is 1. The Bertz CT molecular complexity index is 1000. The van der Waals surface area contributed by atoms with Crippen LogP contribution in [0.1, 0.15) is 61.0 Å². The van der Waals surface area contributed by atoms with Gasteiger partial charge in [-0.2, -0.15) is 0 Å². The number of amides is 1. The molecular weight excluding hydrogens is 409 g/mol. The molecule has 3 N–H and O–H groups in total. The maximum atomic E-state index is 14.1. The van der Waals surface area contributed by atoms with Gasteiger partial charge in [0.2, 0.25) is 0 Å². The maximum Gasteiger partial charge on any atom is 0.267 e. The van der Waals surface area contributed by atoms with Crippen molar-refractivity contribution < 1.29 is 31.6 Å². The van der Waals surface area contributed by atoms with E-state index in [9.17, 15) is 19.1 Å². The molecule has 164 valence electrons. The molecule has 1 unspecified atom stereocenters. The van der Waals surface area contributed by atoms with Gasteiger partial charge >= 0.3 is 0 Å². The van der Waals surface area contributed by atoms with Crippen LogP contribution in [0.4, 0.5) is 4.39 Å². The van der Waals surface area contributed by atoms with E-state index in [1.807, 2.05) is 6.92 Å². The van der Waals surface area contributed by atoms with Crippen molar-refractivity contribution >= 4 is 16.8 Å². The number of hydrogen-bond donors (Lipinski definition) is 3. The molecule has 4 rings (SSSR count). The fourth-order valence-electron chi connectivity index (χ4n) is 4.82. The number of quaternary nitrogens is 1. The van der Waals surface area contributed by atoms with Crippen LogP contribution in [0.2, 0.25) is 0 Å². The molecule has 1 atom stereocenters. The summed E-state index contributed by atoms with van der Waals surface area (Å²) < 4.78 is 15.6. The molecule has 2 aromatic rings. The van der Waals surface area contributed by atoms with Crippen LogP contribution >= 0.6 is 0 Å². The largest absolute Gasteiger partial charge is 1.00 e. The number of nitrogens with one attached hydrogen (secondary N) is 2. The molecule has 1 aromatic heterocycles. The van der Waals surface area contributed by atoms with Gasteiger partial charge in [0, 0.05) is 24.4 Å². The summed E-state index contributed by atoms with van der Waals surface area (Å²) >= 11 is 0. The molecule has 2 aliphatic rings. The first-order valence-electron chi connectivity index (χ1n) is 10.7. The molecule has 0 spiro atoms. The molecule has 0 saturated carbocycles. The van der Waals surface area contributed by atoms with Crippen LogP contribution in [0.15, 0.2) is 16.9 Å². The zero-order valence-electron chi connectivity index (χ0n) is 17.3. The summed E-state index contributed by atoms with van der Waals surface area (Å²) in [7, 11) is 0. The summed E-state index contributed by atoms with van der Waals surface area (Å²) in [6.07, 6.45) is 5.95.